The molecule has 0 aliphatic heterocycles. The molecule has 0 unspecified atom stereocenters. The maximum absolute atomic E-state index is 8.25. The Morgan fingerprint density at radius 3 is 0.455 bits per heavy atom. The Labute approximate surface area is 105 Å². The molecule has 0 N–H and O–H groups in total. The van der Waals surface area contributed by atoms with Crippen molar-refractivity contribution in [3.63, 3.8) is 0 Å². The summed E-state index contributed by atoms with van der Waals surface area (Å²) >= 11 is 0. The molecule has 0 saturated heterocycles. The fourth-order valence-corrected chi connectivity index (χ4v) is 0. The Bertz CT molecular complexity index is 20.5. The monoisotopic (exact) mass is 547 g/mol. The van der Waals surface area contributed by atoms with Crippen LogP contribution in [0.4, 0.5) is 0 Å². The SMILES string of the molecule is [Bi+3].[Bi+3].[O-][B][O-].[O-][B][O-].[O-][B][O-]. The minimum atomic E-state index is -0.500. The van der Waals surface area contributed by atoms with Crippen LogP contribution in [0.25, 0.3) is 0 Å². The van der Waals surface area contributed by atoms with Gasteiger partial charge in [0.15, 0.2) is 0 Å². The summed E-state index contributed by atoms with van der Waals surface area (Å²) in [6, 6.07) is 0. The van der Waals surface area contributed by atoms with Gasteiger partial charge in [0, 0.05) is 0 Å². The van der Waals surface area contributed by atoms with E-state index in [1.165, 1.54) is 0 Å². The summed E-state index contributed by atoms with van der Waals surface area (Å²) in [5.74, 6) is 0. The molecule has 0 spiro atoms. The van der Waals surface area contributed by atoms with Crippen LogP contribution >= 0.6 is 0 Å². The molecule has 11 heteroatoms. The third kappa shape index (κ3) is 374. The van der Waals surface area contributed by atoms with E-state index in [9.17, 15) is 0 Å². The predicted molar refractivity (Wildman–Crippen MR) is 28.8 cm³/mol. The van der Waals surface area contributed by atoms with Crippen molar-refractivity contribution >= 4 is 75.5 Å². The fourth-order valence-electron chi connectivity index (χ4n) is 0. The molecule has 0 aliphatic carbocycles. The molecule has 0 rings (SSSR count). The molecule has 0 aromatic rings. The van der Waals surface area contributed by atoms with E-state index in [0.29, 0.717) is 0 Å². The zero-order valence-corrected chi connectivity index (χ0v) is 12.0. The Hall–Kier alpha value is 1.72. The van der Waals surface area contributed by atoms with Gasteiger partial charge in [-0.15, -0.1) is 0 Å². The average molecular weight is 546 g/mol. The van der Waals surface area contributed by atoms with Gasteiger partial charge in [0.2, 0.25) is 0 Å². The van der Waals surface area contributed by atoms with E-state index in [-0.39, 0.29) is 52.4 Å². The van der Waals surface area contributed by atoms with Crippen LogP contribution in [0.5, 0.6) is 0 Å². The average Bonchev–Trinajstić information content (AvgIpc) is 1.70. The molecule has 0 atom stereocenters. The van der Waals surface area contributed by atoms with E-state index in [0.717, 1.165) is 0 Å². The second-order valence-electron chi connectivity index (χ2n) is 0.289. The molecule has 0 amide bonds. The van der Waals surface area contributed by atoms with Crippen molar-refractivity contribution in [1.82, 2.24) is 0 Å². The summed E-state index contributed by atoms with van der Waals surface area (Å²) in [5, 5.41) is 49.5. The van der Waals surface area contributed by atoms with Gasteiger partial charge in [-0.2, -0.15) is 0 Å². The molecule has 11 heavy (non-hydrogen) atoms. The molecule has 7 radical (unpaired) electrons. The minimum Gasteiger partial charge on any atom is -0.900 e. The summed E-state index contributed by atoms with van der Waals surface area (Å²) in [6.07, 6.45) is 0. The molecular weight excluding hydrogens is 546 g/mol. The number of rotatable bonds is 0. The van der Waals surface area contributed by atoms with Gasteiger partial charge >= 0.3 is 52.4 Å². The first-order valence-electron chi connectivity index (χ1n) is 1.41. The van der Waals surface area contributed by atoms with E-state index in [4.69, 9.17) is 30.1 Å². The minimum absolute atomic E-state index is 0. The van der Waals surface area contributed by atoms with Crippen molar-refractivity contribution in [2.24, 2.45) is 0 Å². The van der Waals surface area contributed by atoms with Crippen LogP contribution < -0.4 is 30.1 Å². The second kappa shape index (κ2) is 60.4. The maximum Gasteiger partial charge on any atom is 3.00 e. The third-order valence-electron chi connectivity index (χ3n) is 0. The van der Waals surface area contributed by atoms with Crippen LogP contribution in [0.1, 0.15) is 0 Å². The van der Waals surface area contributed by atoms with Crippen LogP contribution in [0, 0.1) is 0 Å². The van der Waals surface area contributed by atoms with Crippen LogP contribution in [0.15, 0.2) is 0 Å². The van der Waals surface area contributed by atoms with Gasteiger partial charge in [-0.3, -0.25) is 0 Å². The Kier molecular flexibility index (Phi) is 161. The quantitative estimate of drug-likeness (QED) is 0.277. The smallest absolute Gasteiger partial charge is 0.900 e. The van der Waals surface area contributed by atoms with E-state index in [1.54, 1.807) is 0 Å². The van der Waals surface area contributed by atoms with Gasteiger partial charge in [0.25, 0.3) is 0 Å². The molecule has 55 valence electrons. The van der Waals surface area contributed by atoms with Gasteiger partial charge < -0.3 is 30.1 Å². The second-order valence-corrected chi connectivity index (χ2v) is 0.289. The molecule has 6 nitrogen and oxygen atoms in total. The fraction of sp³-hybridized carbons (Fsp3) is 0. The zero-order valence-electron chi connectivity index (χ0n) is 5.08. The first-order chi connectivity index (χ1) is 4.24. The van der Waals surface area contributed by atoms with Crippen molar-refractivity contribution in [2.75, 3.05) is 0 Å². The standard InChI is InChI=1S/3BO2.2Bi/c3*2-1-3;;/q3*-2;2*+3. The van der Waals surface area contributed by atoms with Gasteiger partial charge in [-0.25, -0.2) is 23.1 Å². The van der Waals surface area contributed by atoms with Crippen LogP contribution in [0.2, 0.25) is 0 Å². The first kappa shape index (κ1) is 29.3. The molecule has 0 bridgehead atoms. The third-order valence-corrected chi connectivity index (χ3v) is 0. The van der Waals surface area contributed by atoms with E-state index in [2.05, 4.69) is 0 Å². The molecule has 0 fully saturated rings. The van der Waals surface area contributed by atoms with E-state index < -0.39 is 23.1 Å². The van der Waals surface area contributed by atoms with Crippen molar-refractivity contribution < 1.29 is 30.1 Å². The summed E-state index contributed by atoms with van der Waals surface area (Å²) in [5.41, 5.74) is 0. The van der Waals surface area contributed by atoms with E-state index >= 15 is 0 Å². The summed E-state index contributed by atoms with van der Waals surface area (Å²) in [4.78, 5) is 0. The molecule has 0 aliphatic rings. The zero-order chi connectivity index (χ0) is 8.12. The van der Waals surface area contributed by atoms with Gasteiger partial charge in [-0.05, 0) is 0 Å². The molecular formula is B3Bi2O6. The topological polar surface area (TPSA) is 138 Å². The van der Waals surface area contributed by atoms with Gasteiger partial charge in [0.1, 0.15) is 0 Å². The Morgan fingerprint density at radius 1 is 0.455 bits per heavy atom. The predicted octanol–water partition coefficient (Wildman–Crippen LogP) is -9.04. The molecule has 0 saturated carbocycles. The van der Waals surface area contributed by atoms with Gasteiger partial charge in [-0.1, -0.05) is 0 Å². The van der Waals surface area contributed by atoms with Gasteiger partial charge in [0.05, 0.1) is 0 Å². The Morgan fingerprint density at radius 2 is 0.455 bits per heavy atom. The van der Waals surface area contributed by atoms with Crippen molar-refractivity contribution in [1.29, 1.82) is 0 Å². The number of hydrogen-bond donors (Lipinski definition) is 0. The number of hydrogen-bond acceptors (Lipinski definition) is 6. The largest absolute Gasteiger partial charge is 3.00 e. The van der Waals surface area contributed by atoms with Crippen LogP contribution in [-0.4, -0.2) is 75.5 Å². The van der Waals surface area contributed by atoms with E-state index in [1.807, 2.05) is 0 Å². The molecule has 0 aromatic carbocycles. The van der Waals surface area contributed by atoms with Crippen LogP contribution in [0.3, 0.4) is 0 Å². The summed E-state index contributed by atoms with van der Waals surface area (Å²) < 4.78 is 0. The van der Waals surface area contributed by atoms with Crippen molar-refractivity contribution in [2.45, 2.75) is 0 Å². The van der Waals surface area contributed by atoms with Crippen LogP contribution in [-0.2, 0) is 0 Å². The summed E-state index contributed by atoms with van der Waals surface area (Å²) in [7, 11) is -1.50. The van der Waals surface area contributed by atoms with Crippen molar-refractivity contribution in [3.05, 3.63) is 0 Å². The van der Waals surface area contributed by atoms with Crippen molar-refractivity contribution in [3.8, 4) is 0 Å². The molecule has 0 heterocycles. The summed E-state index contributed by atoms with van der Waals surface area (Å²) in [6.45, 7) is 0. The Balaban J connectivity index is -0.0000000150. The maximum atomic E-state index is 8.25. The normalized spacial score (nSPS) is 3.82. The molecule has 0 aromatic heterocycles. The first-order valence-corrected chi connectivity index (χ1v) is 1.41.